The van der Waals surface area contributed by atoms with E-state index in [1.165, 1.54) is 15.8 Å². The maximum absolute atomic E-state index is 5.50. The fourth-order valence-corrected chi connectivity index (χ4v) is 2.49. The van der Waals surface area contributed by atoms with Crippen molar-refractivity contribution in [2.45, 2.75) is 4.90 Å². The molecule has 0 aliphatic carbocycles. The summed E-state index contributed by atoms with van der Waals surface area (Å²) in [5, 5.41) is 1.33. The highest BCUT2D eigenvalue weighted by Gasteiger charge is 2.04. The van der Waals surface area contributed by atoms with E-state index in [0.717, 1.165) is 12.3 Å². The molecule has 1 aromatic heterocycles. The molecule has 2 N–H and O–H groups in total. The number of nitrogens with two attached hydrogens (primary N) is 1. The minimum Gasteiger partial charge on any atom is -0.349 e. The lowest BCUT2D eigenvalue weighted by molar-refractivity contribution is 0.957. The van der Waals surface area contributed by atoms with Crippen molar-refractivity contribution in [1.29, 1.82) is 0 Å². The van der Waals surface area contributed by atoms with Crippen LogP contribution in [0.2, 0.25) is 0 Å². The number of nitrogens with zero attached hydrogens (tertiary/aromatic N) is 1. The van der Waals surface area contributed by atoms with Crippen molar-refractivity contribution in [3.8, 4) is 0 Å². The first-order chi connectivity index (χ1) is 6.83. The van der Waals surface area contributed by atoms with Crippen LogP contribution in [-0.4, -0.2) is 16.9 Å². The Balaban J connectivity index is 2.44. The lowest BCUT2D eigenvalue weighted by Gasteiger charge is -1.95. The third kappa shape index (κ3) is 1.65. The number of aromatic nitrogens is 1. The van der Waals surface area contributed by atoms with Crippen LogP contribution >= 0.6 is 11.8 Å². The topological polar surface area (TPSA) is 30.9 Å². The summed E-state index contributed by atoms with van der Waals surface area (Å²) in [7, 11) is 2.08. The van der Waals surface area contributed by atoms with Crippen molar-refractivity contribution in [2.75, 3.05) is 12.3 Å². The molecule has 0 bridgehead atoms. The molecular formula is C11H14N2S. The van der Waals surface area contributed by atoms with E-state index in [9.17, 15) is 0 Å². The zero-order chi connectivity index (χ0) is 9.97. The molecular weight excluding hydrogens is 192 g/mol. The Morgan fingerprint density at radius 3 is 2.93 bits per heavy atom. The second-order valence-electron chi connectivity index (χ2n) is 3.26. The number of benzene rings is 1. The molecule has 0 spiro atoms. The Morgan fingerprint density at radius 1 is 1.36 bits per heavy atom. The Labute approximate surface area is 88.1 Å². The number of aryl methyl sites for hydroxylation is 1. The SMILES string of the molecule is Cn1cc(SCCN)c2ccccc21. The van der Waals surface area contributed by atoms with Gasteiger partial charge in [0, 0.05) is 41.3 Å². The van der Waals surface area contributed by atoms with Crippen LogP contribution in [0.4, 0.5) is 0 Å². The second-order valence-corrected chi connectivity index (χ2v) is 4.40. The third-order valence-electron chi connectivity index (χ3n) is 2.24. The quantitative estimate of drug-likeness (QED) is 0.781. The maximum atomic E-state index is 5.50. The molecule has 14 heavy (non-hydrogen) atoms. The summed E-state index contributed by atoms with van der Waals surface area (Å²) in [6.07, 6.45) is 2.17. The number of fused-ring (bicyclic) bond motifs is 1. The predicted octanol–water partition coefficient (Wildman–Crippen LogP) is 2.23. The first-order valence-electron chi connectivity index (χ1n) is 4.70. The summed E-state index contributed by atoms with van der Waals surface area (Å²) in [6.45, 7) is 0.730. The average Bonchev–Trinajstić information content (AvgIpc) is 2.54. The molecule has 2 aromatic rings. The van der Waals surface area contributed by atoms with Crippen LogP contribution in [0, 0.1) is 0 Å². The van der Waals surface area contributed by atoms with Crippen LogP contribution in [0.5, 0.6) is 0 Å². The normalized spacial score (nSPS) is 11.0. The fraction of sp³-hybridized carbons (Fsp3) is 0.273. The Hall–Kier alpha value is -0.930. The number of hydrogen-bond donors (Lipinski definition) is 1. The summed E-state index contributed by atoms with van der Waals surface area (Å²) in [6, 6.07) is 8.45. The van der Waals surface area contributed by atoms with Gasteiger partial charge >= 0.3 is 0 Å². The van der Waals surface area contributed by atoms with Gasteiger partial charge < -0.3 is 10.3 Å². The minimum absolute atomic E-state index is 0.730. The maximum Gasteiger partial charge on any atom is 0.0489 e. The fourth-order valence-electron chi connectivity index (χ4n) is 1.59. The van der Waals surface area contributed by atoms with Crippen molar-refractivity contribution in [3.63, 3.8) is 0 Å². The lowest BCUT2D eigenvalue weighted by atomic mass is 10.2. The molecule has 2 rings (SSSR count). The highest BCUT2D eigenvalue weighted by Crippen LogP contribution is 2.28. The smallest absolute Gasteiger partial charge is 0.0489 e. The van der Waals surface area contributed by atoms with Crippen LogP contribution in [0.15, 0.2) is 35.4 Å². The second kappa shape index (κ2) is 4.07. The van der Waals surface area contributed by atoms with Crippen LogP contribution in [-0.2, 0) is 7.05 Å². The van der Waals surface area contributed by atoms with E-state index in [1.807, 2.05) is 11.8 Å². The molecule has 1 aromatic carbocycles. The van der Waals surface area contributed by atoms with E-state index in [4.69, 9.17) is 5.73 Å². The molecule has 0 aliphatic rings. The first-order valence-corrected chi connectivity index (χ1v) is 5.68. The van der Waals surface area contributed by atoms with E-state index >= 15 is 0 Å². The summed E-state index contributed by atoms with van der Waals surface area (Å²) in [5.74, 6) is 0.980. The largest absolute Gasteiger partial charge is 0.349 e. The monoisotopic (exact) mass is 206 g/mol. The van der Waals surface area contributed by atoms with Crippen molar-refractivity contribution >= 4 is 22.7 Å². The Morgan fingerprint density at radius 2 is 2.14 bits per heavy atom. The number of para-hydroxylation sites is 1. The summed E-state index contributed by atoms with van der Waals surface area (Å²) >= 11 is 1.82. The summed E-state index contributed by atoms with van der Waals surface area (Å²) < 4.78 is 2.16. The molecule has 0 amide bonds. The van der Waals surface area contributed by atoms with Gasteiger partial charge in [-0.25, -0.2) is 0 Å². The summed E-state index contributed by atoms with van der Waals surface area (Å²) in [5.41, 5.74) is 6.78. The molecule has 0 saturated heterocycles. The first kappa shape index (κ1) is 9.62. The third-order valence-corrected chi connectivity index (χ3v) is 3.31. The standard InChI is InChI=1S/C11H14N2S/c1-13-8-11(14-7-6-12)9-4-2-3-5-10(9)13/h2-5,8H,6-7,12H2,1H3. The van der Waals surface area contributed by atoms with Crippen LogP contribution in [0.25, 0.3) is 10.9 Å². The molecule has 0 fully saturated rings. The van der Waals surface area contributed by atoms with E-state index < -0.39 is 0 Å². The molecule has 0 saturated carbocycles. The highest BCUT2D eigenvalue weighted by molar-refractivity contribution is 7.99. The molecule has 0 radical (unpaired) electrons. The zero-order valence-corrected chi connectivity index (χ0v) is 9.05. The average molecular weight is 206 g/mol. The van der Waals surface area contributed by atoms with E-state index in [1.54, 1.807) is 0 Å². The molecule has 2 nitrogen and oxygen atoms in total. The van der Waals surface area contributed by atoms with Crippen LogP contribution in [0.1, 0.15) is 0 Å². The van der Waals surface area contributed by atoms with Gasteiger partial charge in [0.05, 0.1) is 0 Å². The van der Waals surface area contributed by atoms with Crippen LogP contribution < -0.4 is 5.73 Å². The summed E-state index contributed by atoms with van der Waals surface area (Å²) in [4.78, 5) is 1.33. The van der Waals surface area contributed by atoms with Gasteiger partial charge in [0.1, 0.15) is 0 Å². The van der Waals surface area contributed by atoms with Gasteiger partial charge in [0.25, 0.3) is 0 Å². The van der Waals surface area contributed by atoms with Crippen molar-refractivity contribution < 1.29 is 0 Å². The number of rotatable bonds is 3. The highest BCUT2D eigenvalue weighted by atomic mass is 32.2. The van der Waals surface area contributed by atoms with E-state index in [0.29, 0.717) is 0 Å². The van der Waals surface area contributed by atoms with E-state index in [2.05, 4.69) is 42.1 Å². The predicted molar refractivity (Wildman–Crippen MR) is 62.7 cm³/mol. The van der Waals surface area contributed by atoms with Gasteiger partial charge in [-0.2, -0.15) is 0 Å². The zero-order valence-electron chi connectivity index (χ0n) is 8.23. The minimum atomic E-state index is 0.730. The van der Waals surface area contributed by atoms with Crippen molar-refractivity contribution in [1.82, 2.24) is 4.57 Å². The Bertz CT molecular complexity index is 434. The Kier molecular flexibility index (Phi) is 2.79. The van der Waals surface area contributed by atoms with E-state index in [-0.39, 0.29) is 0 Å². The van der Waals surface area contributed by atoms with Gasteiger partial charge in [0.2, 0.25) is 0 Å². The van der Waals surface area contributed by atoms with Crippen molar-refractivity contribution in [2.24, 2.45) is 12.8 Å². The van der Waals surface area contributed by atoms with Crippen molar-refractivity contribution in [3.05, 3.63) is 30.5 Å². The van der Waals surface area contributed by atoms with Gasteiger partial charge in [-0.3, -0.25) is 0 Å². The molecule has 3 heteroatoms. The molecule has 0 aliphatic heterocycles. The van der Waals surface area contributed by atoms with Gasteiger partial charge in [-0.05, 0) is 6.07 Å². The number of thioether (sulfide) groups is 1. The van der Waals surface area contributed by atoms with Crippen LogP contribution in [0.3, 0.4) is 0 Å². The molecule has 0 unspecified atom stereocenters. The van der Waals surface area contributed by atoms with Gasteiger partial charge in [-0.1, -0.05) is 18.2 Å². The lowest BCUT2D eigenvalue weighted by Crippen LogP contribution is -2.00. The molecule has 0 atom stereocenters. The van der Waals surface area contributed by atoms with Gasteiger partial charge in [0.15, 0.2) is 0 Å². The molecule has 1 heterocycles. The molecule has 74 valence electrons. The van der Waals surface area contributed by atoms with Gasteiger partial charge in [-0.15, -0.1) is 11.8 Å². The number of hydrogen-bond acceptors (Lipinski definition) is 2.